The molecule has 4 aromatic rings. The van der Waals surface area contributed by atoms with E-state index in [9.17, 15) is 14.5 Å². The van der Waals surface area contributed by atoms with E-state index in [4.69, 9.17) is 16.3 Å². The Kier molecular flexibility index (Phi) is 7.54. The van der Waals surface area contributed by atoms with Crippen LogP contribution in [0.2, 0.25) is 5.02 Å². The number of hydrogen-bond acceptors (Lipinski definition) is 5. The van der Waals surface area contributed by atoms with Crippen LogP contribution in [0.15, 0.2) is 66.7 Å². The van der Waals surface area contributed by atoms with Gasteiger partial charge in [-0.2, -0.15) is 0 Å². The van der Waals surface area contributed by atoms with Crippen molar-refractivity contribution in [3.63, 3.8) is 0 Å². The smallest absolute Gasteiger partial charge is 0.199 e. The Bertz CT molecular complexity index is 1300. The monoisotopic (exact) mass is 495 g/mol. The molecule has 0 saturated heterocycles. The molecule has 1 aromatic heterocycles. The molecule has 0 saturated carbocycles. The van der Waals surface area contributed by atoms with Crippen LogP contribution in [0.1, 0.15) is 29.8 Å². The molecule has 0 aliphatic heterocycles. The van der Waals surface area contributed by atoms with E-state index in [2.05, 4.69) is 18.7 Å². The fourth-order valence-electron chi connectivity index (χ4n) is 3.95. The number of phenolic OH excluding ortho intramolecular Hbond substituents is 1. The molecule has 4 rings (SSSR count). The fraction of sp³-hybridized carbons (Fsp3) is 0.222. The zero-order chi connectivity index (χ0) is 24.2. The van der Waals surface area contributed by atoms with Crippen LogP contribution in [0.5, 0.6) is 11.5 Å². The summed E-state index contributed by atoms with van der Waals surface area (Å²) in [6, 6.07) is 18.5. The van der Waals surface area contributed by atoms with E-state index in [1.165, 1.54) is 12.1 Å². The van der Waals surface area contributed by atoms with Gasteiger partial charge in [-0.1, -0.05) is 25.4 Å². The number of ketones is 1. The largest absolute Gasteiger partial charge is 0.590 e. The molecule has 1 atom stereocenters. The number of fused-ring (bicyclic) bond motifs is 1. The average molecular weight is 496 g/mol. The minimum atomic E-state index is -1.62. The number of benzene rings is 3. The Hall–Kier alpha value is -2.90. The summed E-state index contributed by atoms with van der Waals surface area (Å²) in [5.41, 5.74) is 1.49. The molecule has 7 heteroatoms. The summed E-state index contributed by atoms with van der Waals surface area (Å²) in [4.78, 5) is 16.3. The molecule has 0 bridgehead atoms. The SMILES string of the molecule is CCN(CC)CCOc1ccc(C(=O)c2c(-c3ccc(Cl)cc3)[s+]([O-])c3cc(O)ccc23)cc1. The first-order chi connectivity index (χ1) is 16.4. The van der Waals surface area contributed by atoms with Crippen molar-refractivity contribution >= 4 is 38.2 Å². The number of halogens is 1. The van der Waals surface area contributed by atoms with Crippen molar-refractivity contribution in [1.29, 1.82) is 0 Å². The van der Waals surface area contributed by atoms with Gasteiger partial charge < -0.3 is 19.3 Å². The normalized spacial score (nSPS) is 11.9. The van der Waals surface area contributed by atoms with E-state index in [0.717, 1.165) is 19.6 Å². The van der Waals surface area contributed by atoms with Crippen LogP contribution in [-0.2, 0) is 0 Å². The van der Waals surface area contributed by atoms with Gasteiger partial charge in [0, 0.05) is 28.8 Å². The lowest BCUT2D eigenvalue weighted by Crippen LogP contribution is -2.27. The number of carbonyl (C=O) groups excluding carboxylic acids is 1. The zero-order valence-corrected chi connectivity index (χ0v) is 20.7. The molecule has 5 nitrogen and oxygen atoms in total. The summed E-state index contributed by atoms with van der Waals surface area (Å²) < 4.78 is 19.6. The number of aromatic hydroxyl groups is 1. The number of phenols is 1. The predicted molar refractivity (Wildman–Crippen MR) is 138 cm³/mol. The summed E-state index contributed by atoms with van der Waals surface area (Å²) in [6.45, 7) is 7.58. The molecule has 0 aliphatic carbocycles. The van der Waals surface area contributed by atoms with Crippen LogP contribution in [-0.4, -0.2) is 46.6 Å². The molecule has 1 N–H and O–H groups in total. The first-order valence-electron chi connectivity index (χ1n) is 11.2. The van der Waals surface area contributed by atoms with Crippen molar-refractivity contribution < 1.29 is 19.2 Å². The lowest BCUT2D eigenvalue weighted by atomic mass is 9.97. The van der Waals surface area contributed by atoms with Gasteiger partial charge in [-0.3, -0.25) is 4.79 Å². The summed E-state index contributed by atoms with van der Waals surface area (Å²) in [7, 11) is -1.62. The molecule has 0 fully saturated rings. The Labute approximate surface area is 207 Å². The third-order valence-electron chi connectivity index (χ3n) is 5.87. The third-order valence-corrected chi connectivity index (χ3v) is 7.67. The van der Waals surface area contributed by atoms with E-state index >= 15 is 0 Å². The van der Waals surface area contributed by atoms with Crippen LogP contribution >= 0.6 is 22.4 Å². The lowest BCUT2D eigenvalue weighted by Gasteiger charge is -2.18. The number of hydrogen-bond donors (Lipinski definition) is 1. The van der Waals surface area contributed by atoms with Crippen molar-refractivity contribution in [1.82, 2.24) is 4.90 Å². The van der Waals surface area contributed by atoms with Crippen LogP contribution in [0.25, 0.3) is 20.5 Å². The molecule has 0 amide bonds. The second-order valence-corrected chi connectivity index (χ2v) is 9.71. The van der Waals surface area contributed by atoms with Gasteiger partial charge in [0.1, 0.15) is 18.1 Å². The maximum atomic E-state index is 13.7. The lowest BCUT2D eigenvalue weighted by molar-refractivity contribution is 0.104. The average Bonchev–Trinajstić information content (AvgIpc) is 3.14. The van der Waals surface area contributed by atoms with Gasteiger partial charge in [-0.15, -0.1) is 0 Å². The molecule has 34 heavy (non-hydrogen) atoms. The summed E-state index contributed by atoms with van der Waals surface area (Å²) in [5.74, 6) is 0.454. The van der Waals surface area contributed by atoms with Crippen molar-refractivity contribution in [3.8, 4) is 21.9 Å². The van der Waals surface area contributed by atoms with E-state index in [-0.39, 0.29) is 11.5 Å². The van der Waals surface area contributed by atoms with Gasteiger partial charge in [-0.25, -0.2) is 0 Å². The van der Waals surface area contributed by atoms with Crippen molar-refractivity contribution in [2.24, 2.45) is 0 Å². The topological polar surface area (TPSA) is 72.8 Å². The van der Waals surface area contributed by atoms with Crippen LogP contribution in [0, 0.1) is 0 Å². The number of thiophene rings is 1. The highest BCUT2D eigenvalue weighted by Crippen LogP contribution is 2.46. The molecule has 176 valence electrons. The second kappa shape index (κ2) is 10.6. The predicted octanol–water partition coefficient (Wildman–Crippen LogP) is 6.55. The standard InChI is InChI=1S/C27H26ClNO4S/c1-3-29(4-2)15-16-33-22-12-7-18(8-13-22)26(31)25-23-14-11-21(30)17-24(23)34(32)27(25)19-5-9-20(28)10-6-19/h5-14,17,30H,3-4,15-16H2,1-2H3. The molecule has 1 unspecified atom stereocenters. The highest BCUT2D eigenvalue weighted by molar-refractivity contribution is 7.35. The van der Waals surface area contributed by atoms with Crippen molar-refractivity contribution in [3.05, 3.63) is 82.9 Å². The van der Waals surface area contributed by atoms with Crippen LogP contribution in [0.4, 0.5) is 0 Å². The Balaban J connectivity index is 1.68. The van der Waals surface area contributed by atoms with E-state index < -0.39 is 10.8 Å². The Morgan fingerprint density at radius 2 is 1.71 bits per heavy atom. The summed E-state index contributed by atoms with van der Waals surface area (Å²) >= 11 is 6.04. The molecular formula is C27H26ClNO4S. The summed E-state index contributed by atoms with van der Waals surface area (Å²) in [6.07, 6.45) is 0. The molecular weight excluding hydrogens is 470 g/mol. The number of carbonyl (C=O) groups is 1. The van der Waals surface area contributed by atoms with Crippen molar-refractivity contribution in [2.45, 2.75) is 13.8 Å². The van der Waals surface area contributed by atoms with E-state index in [0.29, 0.717) is 49.0 Å². The first kappa shape index (κ1) is 24.2. The molecule has 0 radical (unpaired) electrons. The number of ether oxygens (including phenoxy) is 1. The fourth-order valence-corrected chi connectivity index (χ4v) is 5.64. The highest BCUT2D eigenvalue weighted by Gasteiger charge is 2.29. The minimum Gasteiger partial charge on any atom is -0.590 e. The highest BCUT2D eigenvalue weighted by atomic mass is 35.5. The maximum absolute atomic E-state index is 13.7. The van der Waals surface area contributed by atoms with Gasteiger partial charge in [0.2, 0.25) is 0 Å². The summed E-state index contributed by atoms with van der Waals surface area (Å²) in [5, 5.41) is 11.1. The quantitative estimate of drug-likeness (QED) is 0.211. The molecule has 3 aromatic carbocycles. The van der Waals surface area contributed by atoms with Crippen molar-refractivity contribution in [2.75, 3.05) is 26.2 Å². The van der Waals surface area contributed by atoms with E-state index in [1.54, 1.807) is 54.6 Å². The Morgan fingerprint density at radius 3 is 2.35 bits per heavy atom. The van der Waals surface area contributed by atoms with Gasteiger partial charge >= 0.3 is 0 Å². The van der Waals surface area contributed by atoms with E-state index in [1.807, 2.05) is 0 Å². The second-order valence-electron chi connectivity index (χ2n) is 7.89. The number of nitrogens with zero attached hydrogens (tertiary/aromatic N) is 1. The number of likely N-dealkylation sites (N-methyl/N-ethyl adjacent to an activating group) is 1. The minimum absolute atomic E-state index is 0.00229. The molecule has 0 aliphatic rings. The van der Waals surface area contributed by atoms with Gasteiger partial charge in [-0.05, 0) is 84.5 Å². The van der Waals surface area contributed by atoms with Gasteiger partial charge in [0.15, 0.2) is 15.4 Å². The van der Waals surface area contributed by atoms with Crippen LogP contribution < -0.4 is 4.74 Å². The Morgan fingerprint density at radius 1 is 1.03 bits per heavy atom. The van der Waals surface area contributed by atoms with Gasteiger partial charge in [0.25, 0.3) is 0 Å². The first-order valence-corrected chi connectivity index (χ1v) is 12.7. The zero-order valence-electron chi connectivity index (χ0n) is 19.1. The number of rotatable bonds is 9. The van der Waals surface area contributed by atoms with Gasteiger partial charge in [0.05, 0.1) is 10.9 Å². The molecule has 1 heterocycles. The van der Waals surface area contributed by atoms with Crippen LogP contribution in [0.3, 0.4) is 0 Å². The maximum Gasteiger partial charge on any atom is 0.199 e. The molecule has 0 spiro atoms. The third kappa shape index (κ3) is 4.95.